The molecule has 37 heavy (non-hydrogen) atoms. The van der Waals surface area contributed by atoms with Crippen molar-refractivity contribution in [2.75, 3.05) is 7.11 Å². The van der Waals surface area contributed by atoms with Crippen LogP contribution in [0.3, 0.4) is 0 Å². The second-order valence-electron chi connectivity index (χ2n) is 11.8. The Kier molecular flexibility index (Phi) is 24.8. The van der Waals surface area contributed by atoms with Gasteiger partial charge in [0, 0.05) is 6.42 Å². The van der Waals surface area contributed by atoms with Crippen LogP contribution in [0.15, 0.2) is 0 Å². The van der Waals surface area contributed by atoms with Crippen molar-refractivity contribution in [3.8, 4) is 0 Å². The topological polar surface area (TPSA) is 43.4 Å². The number of rotatable bonds is 28. The molecule has 0 aliphatic rings. The van der Waals surface area contributed by atoms with Gasteiger partial charge in [0.05, 0.1) is 7.11 Å². The first-order chi connectivity index (χ1) is 18.0. The summed E-state index contributed by atoms with van der Waals surface area (Å²) in [5.74, 6) is -0.0585. The van der Waals surface area contributed by atoms with Crippen LogP contribution >= 0.6 is 0 Å². The summed E-state index contributed by atoms with van der Waals surface area (Å²) in [5, 5.41) is 0. The summed E-state index contributed by atoms with van der Waals surface area (Å²) >= 11 is 0. The van der Waals surface area contributed by atoms with E-state index in [1.54, 1.807) is 0 Å². The largest absolute Gasteiger partial charge is 0.468 e. The van der Waals surface area contributed by atoms with E-state index in [0.29, 0.717) is 12.8 Å². The number of methoxy groups -OCH3 is 1. The normalized spacial score (nSPS) is 13.9. The molecule has 0 rings (SSSR count). The molecule has 0 heterocycles. The molecule has 0 saturated heterocycles. The average Bonchev–Trinajstić information content (AvgIpc) is 2.90. The van der Waals surface area contributed by atoms with E-state index < -0.39 is 5.41 Å². The molecule has 3 nitrogen and oxygen atoms in total. The Morgan fingerprint density at radius 2 is 0.946 bits per heavy atom. The molecule has 220 valence electrons. The fraction of sp³-hybridized carbons (Fsp3) is 0.941. The molecule has 0 aromatic rings. The Labute approximate surface area is 232 Å². The van der Waals surface area contributed by atoms with E-state index >= 15 is 0 Å². The number of carbonyl (C=O) groups excluding carboxylic acids is 2. The molecule has 0 fully saturated rings. The quantitative estimate of drug-likeness (QED) is 0.0583. The molecule has 0 saturated carbocycles. The summed E-state index contributed by atoms with van der Waals surface area (Å²) in [6.45, 7) is 8.89. The van der Waals surface area contributed by atoms with E-state index in [1.165, 1.54) is 116 Å². The SMILES string of the molecule is CCCCCCCCCCCC(C)C(CCCCCCCCCC)(C(=O)CCCCCCC)C(=O)OC. The maximum atomic E-state index is 13.7. The van der Waals surface area contributed by atoms with Crippen molar-refractivity contribution < 1.29 is 14.3 Å². The predicted octanol–water partition coefficient (Wildman–Crippen LogP) is 11.2. The Morgan fingerprint density at radius 1 is 0.568 bits per heavy atom. The number of carbonyl (C=O) groups is 2. The monoisotopic (exact) mass is 523 g/mol. The summed E-state index contributed by atoms with van der Waals surface area (Å²) in [4.78, 5) is 27.0. The van der Waals surface area contributed by atoms with Crippen LogP contribution in [0.25, 0.3) is 0 Å². The van der Waals surface area contributed by atoms with E-state index in [-0.39, 0.29) is 17.7 Å². The van der Waals surface area contributed by atoms with Crippen LogP contribution in [-0.2, 0) is 14.3 Å². The van der Waals surface area contributed by atoms with Crippen molar-refractivity contribution in [1.29, 1.82) is 0 Å². The van der Waals surface area contributed by atoms with Crippen molar-refractivity contribution in [2.24, 2.45) is 11.3 Å². The molecular weight excluding hydrogens is 456 g/mol. The highest BCUT2D eigenvalue weighted by Crippen LogP contribution is 2.41. The fourth-order valence-corrected chi connectivity index (χ4v) is 5.92. The number of hydrogen-bond acceptors (Lipinski definition) is 3. The maximum absolute atomic E-state index is 13.7. The lowest BCUT2D eigenvalue weighted by atomic mass is 9.66. The lowest BCUT2D eigenvalue weighted by Crippen LogP contribution is -2.45. The zero-order valence-electron chi connectivity index (χ0n) is 26.0. The van der Waals surface area contributed by atoms with Gasteiger partial charge in [-0.1, -0.05) is 163 Å². The first-order valence-corrected chi connectivity index (χ1v) is 16.6. The van der Waals surface area contributed by atoms with Crippen molar-refractivity contribution in [3.05, 3.63) is 0 Å². The van der Waals surface area contributed by atoms with Crippen molar-refractivity contribution in [1.82, 2.24) is 0 Å². The van der Waals surface area contributed by atoms with E-state index in [2.05, 4.69) is 27.7 Å². The Balaban J connectivity index is 4.97. The zero-order chi connectivity index (χ0) is 27.6. The minimum atomic E-state index is -0.943. The second-order valence-corrected chi connectivity index (χ2v) is 11.8. The van der Waals surface area contributed by atoms with Crippen LogP contribution in [0.2, 0.25) is 0 Å². The summed E-state index contributed by atoms with van der Waals surface area (Å²) in [6, 6.07) is 0. The van der Waals surface area contributed by atoms with Gasteiger partial charge in [0.1, 0.15) is 11.2 Å². The van der Waals surface area contributed by atoms with Crippen LogP contribution in [0.4, 0.5) is 0 Å². The van der Waals surface area contributed by atoms with Crippen molar-refractivity contribution in [2.45, 2.75) is 188 Å². The number of hydrogen-bond donors (Lipinski definition) is 0. The van der Waals surface area contributed by atoms with Gasteiger partial charge in [0.25, 0.3) is 0 Å². The standard InChI is InChI=1S/C34H66O3/c1-6-9-12-15-17-19-20-23-25-28-31(4)34(33(36)37-5,32(35)29-26-22-14-11-8-3)30-27-24-21-18-16-13-10-7-2/h31H,6-30H2,1-5H3. The molecule has 0 spiro atoms. The molecule has 3 heteroatoms. The number of ketones is 1. The van der Waals surface area contributed by atoms with Gasteiger partial charge >= 0.3 is 5.97 Å². The van der Waals surface area contributed by atoms with Crippen LogP contribution in [-0.4, -0.2) is 18.9 Å². The van der Waals surface area contributed by atoms with Crippen molar-refractivity contribution >= 4 is 11.8 Å². The lowest BCUT2D eigenvalue weighted by molar-refractivity contribution is -0.163. The molecule has 0 aliphatic heterocycles. The van der Waals surface area contributed by atoms with Gasteiger partial charge < -0.3 is 4.74 Å². The van der Waals surface area contributed by atoms with Crippen LogP contribution in [0.5, 0.6) is 0 Å². The van der Waals surface area contributed by atoms with Gasteiger partial charge in [0.2, 0.25) is 0 Å². The number of esters is 1. The minimum Gasteiger partial charge on any atom is -0.468 e. The molecule has 0 aliphatic carbocycles. The second kappa shape index (κ2) is 25.4. The van der Waals surface area contributed by atoms with Gasteiger partial charge in [-0.15, -0.1) is 0 Å². The molecule has 0 radical (unpaired) electrons. The molecule has 0 bridgehead atoms. The minimum absolute atomic E-state index is 0.0530. The van der Waals surface area contributed by atoms with Gasteiger partial charge in [0.15, 0.2) is 0 Å². The Bertz CT molecular complexity index is 529. The molecule has 2 unspecified atom stereocenters. The van der Waals surface area contributed by atoms with Crippen LogP contribution < -0.4 is 0 Å². The molecule has 0 aromatic heterocycles. The molecular formula is C34H66O3. The third-order valence-corrected chi connectivity index (χ3v) is 8.56. The summed E-state index contributed by atoms with van der Waals surface area (Å²) in [6.07, 6.45) is 29.2. The summed E-state index contributed by atoms with van der Waals surface area (Å²) in [5.41, 5.74) is -0.943. The first-order valence-electron chi connectivity index (χ1n) is 16.6. The van der Waals surface area contributed by atoms with Gasteiger partial charge in [-0.3, -0.25) is 9.59 Å². The van der Waals surface area contributed by atoms with Gasteiger partial charge in [-0.2, -0.15) is 0 Å². The summed E-state index contributed by atoms with van der Waals surface area (Å²) < 4.78 is 5.36. The molecule has 0 amide bonds. The first kappa shape index (κ1) is 36.1. The Hall–Kier alpha value is -0.860. The smallest absolute Gasteiger partial charge is 0.319 e. The molecule has 0 aromatic carbocycles. The van der Waals surface area contributed by atoms with E-state index in [0.717, 1.165) is 38.5 Å². The summed E-state index contributed by atoms with van der Waals surface area (Å²) in [7, 11) is 1.48. The van der Waals surface area contributed by atoms with Crippen molar-refractivity contribution in [3.63, 3.8) is 0 Å². The highest BCUT2D eigenvalue weighted by Gasteiger charge is 2.49. The van der Waals surface area contributed by atoms with Crippen LogP contribution in [0, 0.1) is 11.3 Å². The van der Waals surface area contributed by atoms with Gasteiger partial charge in [-0.05, 0) is 25.2 Å². The number of ether oxygens (including phenoxy) is 1. The fourth-order valence-electron chi connectivity index (χ4n) is 5.92. The van der Waals surface area contributed by atoms with E-state index in [9.17, 15) is 9.59 Å². The van der Waals surface area contributed by atoms with Gasteiger partial charge in [-0.25, -0.2) is 0 Å². The third kappa shape index (κ3) is 16.7. The molecule has 0 N–H and O–H groups in total. The van der Waals surface area contributed by atoms with Crippen LogP contribution in [0.1, 0.15) is 188 Å². The zero-order valence-corrected chi connectivity index (χ0v) is 26.0. The lowest BCUT2D eigenvalue weighted by Gasteiger charge is -2.35. The predicted molar refractivity (Wildman–Crippen MR) is 161 cm³/mol. The molecule has 2 atom stereocenters. The Morgan fingerprint density at radius 3 is 1.38 bits per heavy atom. The highest BCUT2D eigenvalue weighted by atomic mass is 16.5. The third-order valence-electron chi connectivity index (χ3n) is 8.56. The number of unbranched alkanes of at least 4 members (excludes halogenated alkanes) is 19. The van der Waals surface area contributed by atoms with E-state index in [1.807, 2.05) is 0 Å². The number of Topliss-reactive ketones (excluding diaryl/α,β-unsaturated/α-hetero) is 1. The highest BCUT2D eigenvalue weighted by molar-refractivity contribution is 6.04. The average molecular weight is 523 g/mol. The maximum Gasteiger partial charge on any atom is 0.319 e. The van der Waals surface area contributed by atoms with E-state index in [4.69, 9.17) is 4.74 Å².